The van der Waals surface area contributed by atoms with Gasteiger partial charge in [-0.3, -0.25) is 4.79 Å². The number of likely N-dealkylation sites (tertiary alicyclic amines) is 1. The van der Waals surface area contributed by atoms with E-state index in [1.807, 2.05) is 23.1 Å². The van der Waals surface area contributed by atoms with Gasteiger partial charge in [0.2, 0.25) is 0 Å². The lowest BCUT2D eigenvalue weighted by atomic mass is 10.0. The molecule has 1 aromatic heterocycles. The Bertz CT molecular complexity index is 1030. The summed E-state index contributed by atoms with van der Waals surface area (Å²) >= 11 is 8.10. The standard InChI is InChI=1S/C22H21ClN2O3S/c23-15-12-14(13-18-20(15)28-11-5-10-27-18)22(26)25-9-4-3-7-17(25)21-24-16-6-1-2-8-19(16)29-21/h1-2,6,8,12-13,17H,3-5,7,9-11H2/t17-/m0/s1. The van der Waals surface area contributed by atoms with Crippen LogP contribution in [0.5, 0.6) is 11.5 Å². The minimum atomic E-state index is -0.0356. The Balaban J connectivity index is 1.49. The fourth-order valence-electron chi connectivity index (χ4n) is 3.98. The summed E-state index contributed by atoms with van der Waals surface area (Å²) < 4.78 is 12.6. The van der Waals surface area contributed by atoms with E-state index in [9.17, 15) is 4.79 Å². The molecule has 1 atom stereocenters. The monoisotopic (exact) mass is 428 g/mol. The fourth-order valence-corrected chi connectivity index (χ4v) is 5.36. The topological polar surface area (TPSA) is 51.7 Å². The molecule has 0 saturated carbocycles. The van der Waals surface area contributed by atoms with Gasteiger partial charge in [0.05, 0.1) is 34.5 Å². The van der Waals surface area contributed by atoms with Crippen LogP contribution in [0.25, 0.3) is 10.2 Å². The zero-order chi connectivity index (χ0) is 19.8. The van der Waals surface area contributed by atoms with Crippen LogP contribution in [-0.2, 0) is 0 Å². The van der Waals surface area contributed by atoms with E-state index in [2.05, 4.69) is 6.07 Å². The first-order valence-corrected chi connectivity index (χ1v) is 11.2. The van der Waals surface area contributed by atoms with Gasteiger partial charge in [-0.15, -0.1) is 11.3 Å². The van der Waals surface area contributed by atoms with E-state index in [0.717, 1.165) is 40.9 Å². The molecule has 1 saturated heterocycles. The second-order valence-electron chi connectivity index (χ2n) is 7.37. The predicted molar refractivity (Wildman–Crippen MR) is 114 cm³/mol. The van der Waals surface area contributed by atoms with Gasteiger partial charge in [-0.2, -0.15) is 0 Å². The van der Waals surface area contributed by atoms with Crippen LogP contribution in [0.3, 0.4) is 0 Å². The molecular weight excluding hydrogens is 408 g/mol. The molecule has 1 fully saturated rings. The molecule has 2 aromatic carbocycles. The third kappa shape index (κ3) is 3.55. The number of para-hydroxylation sites is 1. The van der Waals surface area contributed by atoms with E-state index in [1.54, 1.807) is 23.5 Å². The van der Waals surface area contributed by atoms with E-state index >= 15 is 0 Å². The number of hydrogen-bond donors (Lipinski definition) is 0. The van der Waals surface area contributed by atoms with E-state index < -0.39 is 0 Å². The van der Waals surface area contributed by atoms with Crippen molar-refractivity contribution in [3.05, 3.63) is 52.0 Å². The largest absolute Gasteiger partial charge is 0.489 e. The Morgan fingerprint density at radius 2 is 2.00 bits per heavy atom. The van der Waals surface area contributed by atoms with Gasteiger partial charge < -0.3 is 14.4 Å². The second-order valence-corrected chi connectivity index (χ2v) is 8.84. The fraction of sp³-hybridized carbons (Fsp3) is 0.364. The summed E-state index contributed by atoms with van der Waals surface area (Å²) in [6.07, 6.45) is 3.79. The first-order valence-electron chi connectivity index (χ1n) is 9.96. The maximum Gasteiger partial charge on any atom is 0.254 e. The van der Waals surface area contributed by atoms with Gasteiger partial charge in [-0.05, 0) is 43.5 Å². The summed E-state index contributed by atoms with van der Waals surface area (Å²) in [5, 5.41) is 1.42. The van der Waals surface area contributed by atoms with Crippen LogP contribution in [0.15, 0.2) is 36.4 Å². The Hall–Kier alpha value is -2.31. The van der Waals surface area contributed by atoms with Crippen molar-refractivity contribution in [2.75, 3.05) is 19.8 Å². The molecule has 5 nitrogen and oxygen atoms in total. The lowest BCUT2D eigenvalue weighted by molar-refractivity contribution is 0.0611. The van der Waals surface area contributed by atoms with E-state index in [4.69, 9.17) is 26.1 Å². The Labute approximate surface area is 178 Å². The van der Waals surface area contributed by atoms with Crippen LogP contribution in [0.4, 0.5) is 0 Å². The summed E-state index contributed by atoms with van der Waals surface area (Å²) in [7, 11) is 0. The third-order valence-corrected chi connectivity index (χ3v) is 6.83. The minimum absolute atomic E-state index is 0.0107. The van der Waals surface area contributed by atoms with Crippen LogP contribution in [0.1, 0.15) is 47.1 Å². The number of benzene rings is 2. The van der Waals surface area contributed by atoms with Gasteiger partial charge >= 0.3 is 0 Å². The summed E-state index contributed by atoms with van der Waals surface area (Å²) in [6.45, 7) is 1.83. The molecule has 0 aliphatic carbocycles. The summed E-state index contributed by atoms with van der Waals surface area (Å²) in [5.74, 6) is 1.04. The molecule has 0 spiro atoms. The van der Waals surface area contributed by atoms with E-state index in [0.29, 0.717) is 41.8 Å². The number of carbonyl (C=O) groups is 1. The van der Waals surface area contributed by atoms with Crippen LogP contribution < -0.4 is 9.47 Å². The number of carbonyl (C=O) groups excluding carboxylic acids is 1. The van der Waals surface area contributed by atoms with E-state index in [1.165, 1.54) is 0 Å². The lowest BCUT2D eigenvalue weighted by Gasteiger charge is -2.34. The molecular formula is C22H21ClN2O3S. The second kappa shape index (κ2) is 7.84. The average Bonchev–Trinajstić information content (AvgIpc) is 3.03. The van der Waals surface area contributed by atoms with Crippen molar-refractivity contribution in [2.45, 2.75) is 31.7 Å². The predicted octanol–water partition coefficient (Wildman–Crippen LogP) is 5.48. The zero-order valence-corrected chi connectivity index (χ0v) is 17.5. The molecule has 2 aliphatic rings. The normalized spacial score (nSPS) is 19.2. The highest BCUT2D eigenvalue weighted by Gasteiger charge is 2.32. The molecule has 0 radical (unpaired) electrons. The molecule has 0 bridgehead atoms. The smallest absolute Gasteiger partial charge is 0.254 e. The minimum Gasteiger partial charge on any atom is -0.489 e. The van der Waals surface area contributed by atoms with Crippen LogP contribution in [-0.4, -0.2) is 35.5 Å². The van der Waals surface area contributed by atoms with Crippen molar-refractivity contribution in [1.82, 2.24) is 9.88 Å². The number of amides is 1. The third-order valence-electron chi connectivity index (χ3n) is 5.41. The van der Waals surface area contributed by atoms with Crippen LogP contribution in [0, 0.1) is 0 Å². The van der Waals surface area contributed by atoms with Gasteiger partial charge in [0.25, 0.3) is 5.91 Å². The van der Waals surface area contributed by atoms with E-state index in [-0.39, 0.29) is 11.9 Å². The van der Waals surface area contributed by atoms with Crippen molar-refractivity contribution in [1.29, 1.82) is 0 Å². The summed E-state index contributed by atoms with van der Waals surface area (Å²) in [5.41, 5.74) is 1.52. The molecule has 3 heterocycles. The van der Waals surface area contributed by atoms with Crippen molar-refractivity contribution in [2.24, 2.45) is 0 Å². The first-order chi connectivity index (χ1) is 14.2. The Kier molecular flexibility index (Phi) is 5.06. The number of hydrogen-bond acceptors (Lipinski definition) is 5. The molecule has 1 amide bonds. The van der Waals surface area contributed by atoms with Crippen molar-refractivity contribution >= 4 is 39.1 Å². The van der Waals surface area contributed by atoms with Gasteiger partial charge in [0.1, 0.15) is 5.01 Å². The van der Waals surface area contributed by atoms with Crippen LogP contribution in [0.2, 0.25) is 5.02 Å². The maximum atomic E-state index is 13.5. The number of ether oxygens (including phenoxy) is 2. The number of rotatable bonds is 2. The zero-order valence-electron chi connectivity index (χ0n) is 15.9. The number of fused-ring (bicyclic) bond motifs is 2. The summed E-state index contributed by atoms with van der Waals surface area (Å²) in [4.78, 5) is 20.2. The van der Waals surface area contributed by atoms with Crippen molar-refractivity contribution in [3.63, 3.8) is 0 Å². The highest BCUT2D eigenvalue weighted by Crippen LogP contribution is 2.40. The molecule has 7 heteroatoms. The first kappa shape index (κ1) is 18.7. The average molecular weight is 429 g/mol. The van der Waals surface area contributed by atoms with Crippen molar-refractivity contribution < 1.29 is 14.3 Å². The van der Waals surface area contributed by atoms with Crippen molar-refractivity contribution in [3.8, 4) is 11.5 Å². The number of thiazole rings is 1. The van der Waals surface area contributed by atoms with Gasteiger partial charge in [0, 0.05) is 18.5 Å². The van der Waals surface area contributed by atoms with Gasteiger partial charge in [-0.1, -0.05) is 23.7 Å². The van der Waals surface area contributed by atoms with Crippen LogP contribution >= 0.6 is 22.9 Å². The number of piperidine rings is 1. The van der Waals surface area contributed by atoms with Gasteiger partial charge in [-0.25, -0.2) is 4.98 Å². The molecule has 0 unspecified atom stereocenters. The summed E-state index contributed by atoms with van der Waals surface area (Å²) in [6, 6.07) is 11.6. The highest BCUT2D eigenvalue weighted by atomic mass is 35.5. The Morgan fingerprint density at radius 3 is 2.90 bits per heavy atom. The SMILES string of the molecule is O=C(c1cc(Cl)c2c(c1)OCCCO2)N1CCCC[C@H]1c1nc2ccccc2s1. The molecule has 5 rings (SSSR count). The quantitative estimate of drug-likeness (QED) is 0.542. The van der Waals surface area contributed by atoms with Gasteiger partial charge in [0.15, 0.2) is 11.5 Å². The Morgan fingerprint density at radius 1 is 1.14 bits per heavy atom. The highest BCUT2D eigenvalue weighted by molar-refractivity contribution is 7.18. The molecule has 150 valence electrons. The number of aromatic nitrogens is 1. The molecule has 2 aliphatic heterocycles. The number of nitrogens with zero attached hydrogens (tertiary/aromatic N) is 2. The molecule has 29 heavy (non-hydrogen) atoms. The molecule has 0 N–H and O–H groups in total. The maximum absolute atomic E-state index is 13.5. The lowest BCUT2D eigenvalue weighted by Crippen LogP contribution is -2.38. The molecule has 3 aromatic rings. The number of halogens is 1.